The average Bonchev–Trinajstić information content (AvgIpc) is 1.89. The van der Waals surface area contributed by atoms with E-state index >= 15 is 0 Å². The van der Waals surface area contributed by atoms with Crippen molar-refractivity contribution in [3.05, 3.63) is 24.0 Å². The number of nitrogens with zero attached hydrogens (tertiary/aromatic N) is 1. The number of pyridine rings is 1. The molecule has 0 spiro atoms. The Morgan fingerprint density at radius 2 is 2.44 bits per heavy atom. The maximum Gasteiger partial charge on any atom is 0.0655 e. The molecule has 0 aliphatic heterocycles. The summed E-state index contributed by atoms with van der Waals surface area (Å²) in [7, 11) is 0. The maximum atomic E-state index is 4.06. The Balaban J connectivity index is 3.01. The molecule has 0 saturated heterocycles. The first-order valence-corrected chi connectivity index (χ1v) is 3.42. The van der Waals surface area contributed by atoms with Gasteiger partial charge in [0.25, 0.3) is 0 Å². The Kier molecular flexibility index (Phi) is 2.05. The van der Waals surface area contributed by atoms with Gasteiger partial charge in [0.05, 0.1) is 11.4 Å². The normalized spacial score (nSPS) is 9.11. The first-order chi connectivity index (χ1) is 4.34. The molecule has 1 aromatic rings. The molecule has 2 nitrogen and oxygen atoms in total. The Morgan fingerprint density at radius 3 is 2.89 bits per heavy atom. The molecule has 0 unspecified atom stereocenters. The van der Waals surface area contributed by atoms with Crippen molar-refractivity contribution in [3.8, 4) is 0 Å². The third-order valence-corrected chi connectivity index (χ3v) is 1.54. The number of anilines is 1. The molecule has 1 rings (SSSR count). The third kappa shape index (κ3) is 1.42. The van der Waals surface area contributed by atoms with Crippen LogP contribution in [-0.4, -0.2) is 4.98 Å². The van der Waals surface area contributed by atoms with Crippen molar-refractivity contribution in [1.82, 2.24) is 4.98 Å². The highest BCUT2D eigenvalue weighted by Crippen LogP contribution is 2.10. The lowest BCUT2D eigenvalue weighted by molar-refractivity contribution is 1.21. The van der Waals surface area contributed by atoms with Gasteiger partial charge in [0.2, 0.25) is 0 Å². The molecule has 9 heavy (non-hydrogen) atoms. The number of rotatable bonds is 1. The number of hydrogen-bond acceptors (Lipinski definition) is 2. The molecule has 0 atom stereocenters. The van der Waals surface area contributed by atoms with Gasteiger partial charge in [0.1, 0.15) is 0 Å². The highest BCUT2D eigenvalue weighted by atomic mass is 79.9. The van der Waals surface area contributed by atoms with Crippen LogP contribution in [0.3, 0.4) is 0 Å². The van der Waals surface area contributed by atoms with Crippen molar-refractivity contribution in [1.29, 1.82) is 0 Å². The summed E-state index contributed by atoms with van der Waals surface area (Å²) in [6, 6.07) is 3.84. The highest BCUT2D eigenvalue weighted by Gasteiger charge is 1.91. The predicted octanol–water partition coefficient (Wildman–Crippen LogP) is 2.11. The second-order valence-corrected chi connectivity index (χ2v) is 2.13. The van der Waals surface area contributed by atoms with Gasteiger partial charge in [0.15, 0.2) is 0 Å². The van der Waals surface area contributed by atoms with Crippen LogP contribution in [0.5, 0.6) is 0 Å². The second kappa shape index (κ2) is 2.82. The zero-order valence-corrected chi connectivity index (χ0v) is 6.64. The second-order valence-electron chi connectivity index (χ2n) is 1.73. The van der Waals surface area contributed by atoms with E-state index in [0.717, 1.165) is 11.4 Å². The van der Waals surface area contributed by atoms with Crippen molar-refractivity contribution in [2.24, 2.45) is 0 Å². The van der Waals surface area contributed by atoms with Crippen LogP contribution < -0.4 is 4.34 Å². The van der Waals surface area contributed by atoms with Gasteiger partial charge in [-0.15, -0.1) is 0 Å². The van der Waals surface area contributed by atoms with Gasteiger partial charge in [-0.2, -0.15) is 0 Å². The summed E-state index contributed by atoms with van der Waals surface area (Å²) in [5.74, 6) is 0. The molecule has 0 bridgehead atoms. The number of aromatic nitrogens is 1. The van der Waals surface area contributed by atoms with Crippen LogP contribution in [-0.2, 0) is 0 Å². The van der Waals surface area contributed by atoms with Crippen molar-refractivity contribution in [2.45, 2.75) is 6.92 Å². The molecule has 48 valence electrons. The molecule has 0 aliphatic carbocycles. The van der Waals surface area contributed by atoms with Gasteiger partial charge in [-0.05, 0) is 19.1 Å². The Bertz CT molecular complexity index is 200. The van der Waals surface area contributed by atoms with E-state index in [4.69, 9.17) is 0 Å². The Labute approximate surface area is 62.6 Å². The van der Waals surface area contributed by atoms with Crippen LogP contribution >= 0.6 is 16.1 Å². The molecular formula is C6H7BrN2. The quantitative estimate of drug-likeness (QED) is 0.681. The zero-order chi connectivity index (χ0) is 6.69. The van der Waals surface area contributed by atoms with E-state index in [2.05, 4.69) is 25.5 Å². The van der Waals surface area contributed by atoms with Gasteiger partial charge in [0, 0.05) is 22.3 Å². The minimum absolute atomic E-state index is 0.995. The van der Waals surface area contributed by atoms with Crippen molar-refractivity contribution < 1.29 is 0 Å². The van der Waals surface area contributed by atoms with Crippen molar-refractivity contribution >= 4 is 21.8 Å². The monoisotopic (exact) mass is 186 g/mol. The fourth-order valence-corrected chi connectivity index (χ4v) is 1.00. The molecule has 0 saturated carbocycles. The minimum atomic E-state index is 0.995. The summed E-state index contributed by atoms with van der Waals surface area (Å²) in [6.45, 7) is 1.95. The van der Waals surface area contributed by atoms with E-state index in [1.807, 2.05) is 19.1 Å². The topological polar surface area (TPSA) is 24.9 Å². The summed E-state index contributed by atoms with van der Waals surface area (Å²) in [4.78, 5) is 4.06. The smallest absolute Gasteiger partial charge is 0.0655 e. The number of halogens is 1. The molecular weight excluding hydrogens is 180 g/mol. The van der Waals surface area contributed by atoms with E-state index in [1.54, 1.807) is 6.20 Å². The van der Waals surface area contributed by atoms with Crippen LogP contribution in [0.25, 0.3) is 0 Å². The first-order valence-electron chi connectivity index (χ1n) is 2.63. The maximum absolute atomic E-state index is 4.06. The van der Waals surface area contributed by atoms with Crippen LogP contribution in [0.2, 0.25) is 0 Å². The summed E-state index contributed by atoms with van der Waals surface area (Å²) in [6.07, 6.45) is 1.77. The molecule has 1 N–H and O–H groups in total. The van der Waals surface area contributed by atoms with Crippen LogP contribution in [0, 0.1) is 6.92 Å². The van der Waals surface area contributed by atoms with Crippen LogP contribution in [0.4, 0.5) is 5.69 Å². The summed E-state index contributed by atoms with van der Waals surface area (Å²) < 4.78 is 2.85. The molecule has 0 aromatic carbocycles. The molecule has 0 amide bonds. The standard InChI is InChI=1S/C6H7BrN2/c1-5-6(9-7)3-2-4-8-5/h2-4,9H,1H3. The summed E-state index contributed by atoms with van der Waals surface area (Å²) >= 11 is 3.12. The number of nitrogens with one attached hydrogen (secondary N) is 1. The zero-order valence-electron chi connectivity index (χ0n) is 5.06. The fraction of sp³-hybridized carbons (Fsp3) is 0.167. The molecule has 0 fully saturated rings. The van der Waals surface area contributed by atoms with Crippen LogP contribution in [0.1, 0.15) is 5.69 Å². The first kappa shape index (κ1) is 6.55. The molecule has 1 heterocycles. The Morgan fingerprint density at radius 1 is 1.67 bits per heavy atom. The van der Waals surface area contributed by atoms with Crippen LogP contribution in [0.15, 0.2) is 18.3 Å². The van der Waals surface area contributed by atoms with Crippen molar-refractivity contribution in [3.63, 3.8) is 0 Å². The van der Waals surface area contributed by atoms with Gasteiger partial charge >= 0.3 is 0 Å². The number of hydrogen-bond donors (Lipinski definition) is 1. The molecule has 3 heteroatoms. The molecule has 0 aliphatic rings. The lowest BCUT2D eigenvalue weighted by Gasteiger charge is -1.98. The average molecular weight is 187 g/mol. The molecule has 0 radical (unpaired) electrons. The van der Waals surface area contributed by atoms with E-state index in [0.29, 0.717) is 0 Å². The van der Waals surface area contributed by atoms with Gasteiger partial charge in [-0.25, -0.2) is 0 Å². The van der Waals surface area contributed by atoms with Crippen molar-refractivity contribution in [2.75, 3.05) is 4.34 Å². The van der Waals surface area contributed by atoms with E-state index < -0.39 is 0 Å². The van der Waals surface area contributed by atoms with Gasteiger partial charge in [-0.3, -0.25) is 4.98 Å². The lowest BCUT2D eigenvalue weighted by Crippen LogP contribution is -1.86. The number of aryl methyl sites for hydroxylation is 1. The van der Waals surface area contributed by atoms with Gasteiger partial charge in [-0.1, -0.05) is 0 Å². The minimum Gasteiger partial charge on any atom is -0.321 e. The lowest BCUT2D eigenvalue weighted by atomic mass is 10.3. The largest absolute Gasteiger partial charge is 0.321 e. The summed E-state index contributed by atoms with van der Waals surface area (Å²) in [5, 5.41) is 0. The van der Waals surface area contributed by atoms with Gasteiger partial charge < -0.3 is 4.34 Å². The highest BCUT2D eigenvalue weighted by molar-refractivity contribution is 9.10. The van der Waals surface area contributed by atoms with E-state index in [9.17, 15) is 0 Å². The SMILES string of the molecule is Cc1ncccc1NBr. The fourth-order valence-electron chi connectivity index (χ4n) is 0.584. The Hall–Kier alpha value is -0.570. The predicted molar refractivity (Wildman–Crippen MR) is 41.5 cm³/mol. The van der Waals surface area contributed by atoms with E-state index in [-0.39, 0.29) is 0 Å². The molecule has 1 aromatic heterocycles. The third-order valence-electron chi connectivity index (χ3n) is 1.11. The van der Waals surface area contributed by atoms with E-state index in [1.165, 1.54) is 0 Å². The summed E-state index contributed by atoms with van der Waals surface area (Å²) in [5.41, 5.74) is 2.01.